The molecule has 22 heavy (non-hydrogen) atoms. The predicted octanol–water partition coefficient (Wildman–Crippen LogP) is 1.88. The summed E-state index contributed by atoms with van der Waals surface area (Å²) in [4.78, 5) is 32.6. The van der Waals surface area contributed by atoms with Crippen LogP contribution < -0.4 is 5.32 Å². The highest BCUT2D eigenvalue weighted by Crippen LogP contribution is 2.21. The van der Waals surface area contributed by atoms with Crippen LogP contribution in [0.2, 0.25) is 0 Å². The van der Waals surface area contributed by atoms with Gasteiger partial charge in [-0.1, -0.05) is 11.3 Å². The molecule has 1 aromatic heterocycles. The van der Waals surface area contributed by atoms with Crippen molar-refractivity contribution in [2.75, 3.05) is 38.5 Å². The Bertz CT molecular complexity index is 545. The standard InChI is InChI=1S/C14H22N4O3S/c1-14(2,3)21-13(20)16-12-15-9-10(22-12)11(19)18-7-5-17(4)6-8-18/h9H,5-8H2,1-4H3,(H,15,16,20). The molecule has 1 saturated heterocycles. The average molecular weight is 326 g/mol. The van der Waals surface area contributed by atoms with Gasteiger partial charge < -0.3 is 14.5 Å². The molecule has 0 spiro atoms. The van der Waals surface area contributed by atoms with Gasteiger partial charge >= 0.3 is 6.09 Å². The molecule has 1 N–H and O–H groups in total. The van der Waals surface area contributed by atoms with Gasteiger partial charge in [-0.25, -0.2) is 9.78 Å². The molecule has 0 bridgehead atoms. The van der Waals surface area contributed by atoms with E-state index in [0.717, 1.165) is 24.4 Å². The number of likely N-dealkylation sites (N-methyl/N-ethyl adjacent to an activating group) is 1. The van der Waals surface area contributed by atoms with E-state index in [1.54, 1.807) is 20.8 Å². The number of carbonyl (C=O) groups excluding carboxylic acids is 2. The number of rotatable bonds is 2. The molecular formula is C14H22N4O3S. The molecule has 1 aliphatic rings. The Hall–Kier alpha value is -1.67. The highest BCUT2D eigenvalue weighted by molar-refractivity contribution is 7.17. The van der Waals surface area contributed by atoms with Crippen LogP contribution >= 0.6 is 11.3 Å². The predicted molar refractivity (Wildman–Crippen MR) is 85.4 cm³/mol. The SMILES string of the molecule is CN1CCN(C(=O)c2cnc(NC(=O)OC(C)(C)C)s2)CC1. The summed E-state index contributed by atoms with van der Waals surface area (Å²) in [7, 11) is 2.04. The number of piperazine rings is 1. The van der Waals surface area contributed by atoms with Crippen LogP contribution in [0.1, 0.15) is 30.4 Å². The second kappa shape index (κ2) is 6.62. The van der Waals surface area contributed by atoms with Crippen LogP contribution in [0.15, 0.2) is 6.20 Å². The van der Waals surface area contributed by atoms with Crippen LogP contribution in [0.25, 0.3) is 0 Å². The molecule has 0 aliphatic carbocycles. The molecule has 1 aromatic rings. The third-order valence-electron chi connectivity index (χ3n) is 3.11. The van der Waals surface area contributed by atoms with Gasteiger partial charge in [0.2, 0.25) is 0 Å². The number of anilines is 1. The number of hydrogen-bond donors (Lipinski definition) is 1. The largest absolute Gasteiger partial charge is 0.444 e. The first-order chi connectivity index (χ1) is 10.2. The highest BCUT2D eigenvalue weighted by atomic mass is 32.1. The summed E-state index contributed by atoms with van der Waals surface area (Å²) in [5.74, 6) is -0.0390. The molecule has 1 aliphatic heterocycles. The Morgan fingerprint density at radius 3 is 2.50 bits per heavy atom. The van der Waals surface area contributed by atoms with Gasteiger partial charge in [0.15, 0.2) is 5.13 Å². The van der Waals surface area contributed by atoms with Gasteiger partial charge in [-0.05, 0) is 27.8 Å². The zero-order valence-electron chi connectivity index (χ0n) is 13.4. The maximum Gasteiger partial charge on any atom is 0.413 e. The molecule has 2 amide bonds. The molecule has 0 saturated carbocycles. The van der Waals surface area contributed by atoms with Gasteiger partial charge in [0.25, 0.3) is 5.91 Å². The number of amides is 2. The normalized spacial score (nSPS) is 16.5. The molecule has 2 heterocycles. The van der Waals surface area contributed by atoms with E-state index in [9.17, 15) is 9.59 Å². The number of ether oxygens (including phenoxy) is 1. The maximum absolute atomic E-state index is 12.4. The Kier molecular flexibility index (Phi) is 5.02. The van der Waals surface area contributed by atoms with Crippen molar-refractivity contribution in [3.63, 3.8) is 0 Å². The minimum absolute atomic E-state index is 0.0390. The van der Waals surface area contributed by atoms with Crippen LogP contribution in [0.3, 0.4) is 0 Å². The van der Waals surface area contributed by atoms with Gasteiger partial charge in [0.1, 0.15) is 10.5 Å². The molecule has 0 atom stereocenters. The lowest BCUT2D eigenvalue weighted by Crippen LogP contribution is -2.46. The van der Waals surface area contributed by atoms with Gasteiger partial charge in [-0.3, -0.25) is 10.1 Å². The minimum Gasteiger partial charge on any atom is -0.444 e. The summed E-state index contributed by atoms with van der Waals surface area (Å²) >= 11 is 1.16. The van der Waals surface area contributed by atoms with Crippen molar-refractivity contribution in [3.8, 4) is 0 Å². The molecular weight excluding hydrogens is 304 g/mol. The summed E-state index contributed by atoms with van der Waals surface area (Å²) in [5.41, 5.74) is -0.570. The number of nitrogens with zero attached hydrogens (tertiary/aromatic N) is 3. The summed E-state index contributed by atoms with van der Waals surface area (Å²) < 4.78 is 5.16. The van der Waals surface area contributed by atoms with Crippen LogP contribution in [0, 0.1) is 0 Å². The van der Waals surface area contributed by atoms with Gasteiger partial charge in [0, 0.05) is 26.2 Å². The molecule has 7 nitrogen and oxygen atoms in total. The van der Waals surface area contributed by atoms with Crippen molar-refractivity contribution in [2.24, 2.45) is 0 Å². The maximum atomic E-state index is 12.4. The lowest BCUT2D eigenvalue weighted by Gasteiger charge is -2.31. The van der Waals surface area contributed by atoms with Crippen molar-refractivity contribution in [1.29, 1.82) is 0 Å². The van der Waals surface area contributed by atoms with Crippen molar-refractivity contribution < 1.29 is 14.3 Å². The number of nitrogens with one attached hydrogen (secondary N) is 1. The molecule has 122 valence electrons. The van der Waals surface area contributed by atoms with Crippen LogP contribution in [-0.2, 0) is 4.74 Å². The molecule has 0 aromatic carbocycles. The summed E-state index contributed by atoms with van der Waals surface area (Å²) in [6.07, 6.45) is 0.929. The van der Waals surface area contributed by atoms with Gasteiger partial charge in [-0.2, -0.15) is 0 Å². The number of carbonyl (C=O) groups is 2. The Labute approximate surface area is 134 Å². The fraction of sp³-hybridized carbons (Fsp3) is 0.643. The zero-order valence-corrected chi connectivity index (χ0v) is 14.2. The first kappa shape index (κ1) is 16.7. The average Bonchev–Trinajstić information content (AvgIpc) is 2.85. The molecule has 2 rings (SSSR count). The fourth-order valence-corrected chi connectivity index (χ4v) is 2.76. The molecule has 8 heteroatoms. The second-order valence-corrected chi connectivity index (χ2v) is 7.28. The smallest absolute Gasteiger partial charge is 0.413 e. The second-order valence-electron chi connectivity index (χ2n) is 6.25. The Balaban J connectivity index is 1.93. The third kappa shape index (κ3) is 4.67. The van der Waals surface area contributed by atoms with Crippen molar-refractivity contribution in [2.45, 2.75) is 26.4 Å². The van der Waals surface area contributed by atoms with Crippen molar-refractivity contribution >= 4 is 28.5 Å². The fourth-order valence-electron chi connectivity index (χ4n) is 1.99. The van der Waals surface area contributed by atoms with E-state index in [0.29, 0.717) is 23.1 Å². The molecule has 0 radical (unpaired) electrons. The van der Waals surface area contributed by atoms with Crippen LogP contribution in [0.4, 0.5) is 9.93 Å². The van der Waals surface area contributed by atoms with Gasteiger partial charge in [0.05, 0.1) is 6.20 Å². The van der Waals surface area contributed by atoms with E-state index < -0.39 is 11.7 Å². The van der Waals surface area contributed by atoms with Crippen LogP contribution in [0.5, 0.6) is 0 Å². The first-order valence-electron chi connectivity index (χ1n) is 7.18. The van der Waals surface area contributed by atoms with E-state index in [1.807, 2.05) is 11.9 Å². The molecule has 1 fully saturated rings. The van der Waals surface area contributed by atoms with E-state index in [4.69, 9.17) is 4.74 Å². The molecule has 0 unspecified atom stereocenters. The van der Waals surface area contributed by atoms with E-state index >= 15 is 0 Å². The number of thiazole rings is 1. The minimum atomic E-state index is -0.570. The first-order valence-corrected chi connectivity index (χ1v) is 8.00. The zero-order chi connectivity index (χ0) is 16.3. The highest BCUT2D eigenvalue weighted by Gasteiger charge is 2.23. The summed E-state index contributed by atoms with van der Waals surface area (Å²) in [6, 6.07) is 0. The lowest BCUT2D eigenvalue weighted by molar-refractivity contribution is 0.0633. The quantitative estimate of drug-likeness (QED) is 0.898. The number of aromatic nitrogens is 1. The monoisotopic (exact) mass is 326 g/mol. The van der Waals surface area contributed by atoms with E-state index in [2.05, 4.69) is 15.2 Å². The van der Waals surface area contributed by atoms with Gasteiger partial charge in [-0.15, -0.1) is 0 Å². The van der Waals surface area contributed by atoms with Crippen molar-refractivity contribution in [3.05, 3.63) is 11.1 Å². The van der Waals surface area contributed by atoms with E-state index in [1.165, 1.54) is 6.20 Å². The summed E-state index contributed by atoms with van der Waals surface area (Å²) in [6.45, 7) is 8.52. The van der Waals surface area contributed by atoms with Crippen LogP contribution in [-0.4, -0.2) is 65.6 Å². The van der Waals surface area contributed by atoms with E-state index in [-0.39, 0.29) is 5.91 Å². The summed E-state index contributed by atoms with van der Waals surface area (Å²) in [5, 5.41) is 2.92. The third-order valence-corrected chi connectivity index (χ3v) is 4.02. The lowest BCUT2D eigenvalue weighted by atomic mass is 10.2. The Morgan fingerprint density at radius 2 is 1.91 bits per heavy atom. The number of hydrogen-bond acceptors (Lipinski definition) is 6. The topological polar surface area (TPSA) is 74.8 Å². The Morgan fingerprint density at radius 1 is 1.27 bits per heavy atom. The van der Waals surface area contributed by atoms with Crippen molar-refractivity contribution in [1.82, 2.24) is 14.8 Å².